The van der Waals surface area contributed by atoms with Crippen LogP contribution < -0.4 is 10.6 Å². The van der Waals surface area contributed by atoms with Crippen molar-refractivity contribution in [1.29, 1.82) is 0 Å². The first kappa shape index (κ1) is 22.4. The number of halogens is 1. The van der Waals surface area contributed by atoms with Gasteiger partial charge in [-0.2, -0.15) is 0 Å². The predicted octanol–water partition coefficient (Wildman–Crippen LogP) is 3.90. The van der Waals surface area contributed by atoms with Crippen LogP contribution in [0.15, 0.2) is 53.4 Å². The van der Waals surface area contributed by atoms with E-state index < -0.39 is 30.1 Å². The predicted molar refractivity (Wildman–Crippen MR) is 109 cm³/mol. The van der Waals surface area contributed by atoms with Crippen LogP contribution >= 0.6 is 11.8 Å². The van der Waals surface area contributed by atoms with Gasteiger partial charge in [0.1, 0.15) is 5.82 Å². The third-order valence-electron chi connectivity index (χ3n) is 3.52. The normalized spacial score (nSPS) is 10.9. The molecule has 0 radical (unpaired) electrons. The van der Waals surface area contributed by atoms with E-state index in [1.54, 1.807) is 63.2 Å². The standard InChI is InChI=1S/C21H23FN2O4S/c1-21(2,3)24-20(27)23-18(25)12-28-19(26)15-9-5-7-11-17(15)29-13-14-8-4-6-10-16(14)22/h4-11H,12-13H2,1-3H3,(H2,23,24,25,27). The van der Waals surface area contributed by atoms with Gasteiger partial charge in [0, 0.05) is 16.2 Å². The van der Waals surface area contributed by atoms with Gasteiger partial charge in [-0.05, 0) is 44.5 Å². The number of imide groups is 1. The van der Waals surface area contributed by atoms with Crippen molar-refractivity contribution < 1.29 is 23.5 Å². The highest BCUT2D eigenvalue weighted by molar-refractivity contribution is 7.98. The topological polar surface area (TPSA) is 84.5 Å². The van der Waals surface area contributed by atoms with Crippen molar-refractivity contribution in [1.82, 2.24) is 10.6 Å². The van der Waals surface area contributed by atoms with E-state index in [9.17, 15) is 18.8 Å². The second kappa shape index (κ2) is 10.1. The Labute approximate surface area is 173 Å². The maximum absolute atomic E-state index is 13.8. The molecule has 8 heteroatoms. The highest BCUT2D eigenvalue weighted by atomic mass is 32.2. The summed E-state index contributed by atoms with van der Waals surface area (Å²) in [5.74, 6) is -1.42. The van der Waals surface area contributed by atoms with Gasteiger partial charge in [-0.1, -0.05) is 30.3 Å². The molecule has 0 aliphatic carbocycles. The lowest BCUT2D eigenvalue weighted by Crippen LogP contribution is -2.49. The average Bonchev–Trinajstić information content (AvgIpc) is 2.64. The van der Waals surface area contributed by atoms with E-state index in [0.29, 0.717) is 16.2 Å². The van der Waals surface area contributed by atoms with Crippen LogP contribution in [0.1, 0.15) is 36.7 Å². The van der Waals surface area contributed by atoms with Crippen LogP contribution in [-0.4, -0.2) is 30.1 Å². The summed E-state index contributed by atoms with van der Waals surface area (Å²) in [6.07, 6.45) is 0. The van der Waals surface area contributed by atoms with Crippen LogP contribution in [-0.2, 0) is 15.3 Å². The summed E-state index contributed by atoms with van der Waals surface area (Å²) in [7, 11) is 0. The number of ether oxygens (including phenoxy) is 1. The van der Waals surface area contributed by atoms with Crippen LogP contribution in [0.5, 0.6) is 0 Å². The van der Waals surface area contributed by atoms with Crippen LogP contribution in [0.25, 0.3) is 0 Å². The summed E-state index contributed by atoms with van der Waals surface area (Å²) in [5, 5.41) is 4.67. The Morgan fingerprint density at radius 2 is 1.69 bits per heavy atom. The van der Waals surface area contributed by atoms with Crippen molar-refractivity contribution in [2.75, 3.05) is 6.61 Å². The van der Waals surface area contributed by atoms with Gasteiger partial charge in [-0.3, -0.25) is 10.1 Å². The van der Waals surface area contributed by atoms with Gasteiger partial charge < -0.3 is 10.1 Å². The molecule has 0 fully saturated rings. The number of thioether (sulfide) groups is 1. The van der Waals surface area contributed by atoms with Crippen LogP contribution in [0.3, 0.4) is 0 Å². The van der Waals surface area contributed by atoms with Gasteiger partial charge in [0.05, 0.1) is 5.56 Å². The van der Waals surface area contributed by atoms with Gasteiger partial charge in [0.2, 0.25) is 0 Å². The molecule has 0 aliphatic rings. The number of esters is 1. The lowest BCUT2D eigenvalue weighted by molar-refractivity contribution is -0.123. The lowest BCUT2D eigenvalue weighted by atomic mass is 10.1. The number of hydrogen-bond donors (Lipinski definition) is 2. The quantitative estimate of drug-likeness (QED) is 0.549. The Bertz CT molecular complexity index is 896. The molecule has 3 amide bonds. The van der Waals surface area contributed by atoms with Crippen molar-refractivity contribution in [3.63, 3.8) is 0 Å². The van der Waals surface area contributed by atoms with E-state index in [0.717, 1.165) is 0 Å². The number of rotatable bonds is 6. The van der Waals surface area contributed by atoms with E-state index in [2.05, 4.69) is 10.6 Å². The molecule has 0 unspecified atom stereocenters. The molecule has 2 rings (SSSR count). The van der Waals surface area contributed by atoms with Crippen LogP contribution in [0.2, 0.25) is 0 Å². The summed E-state index contributed by atoms with van der Waals surface area (Å²) >= 11 is 1.29. The largest absolute Gasteiger partial charge is 0.452 e. The Morgan fingerprint density at radius 1 is 1.03 bits per heavy atom. The molecule has 6 nitrogen and oxygen atoms in total. The fourth-order valence-electron chi connectivity index (χ4n) is 2.28. The van der Waals surface area contributed by atoms with Gasteiger partial charge >= 0.3 is 12.0 Å². The van der Waals surface area contributed by atoms with E-state index in [4.69, 9.17) is 4.74 Å². The average molecular weight is 418 g/mol. The molecule has 154 valence electrons. The molecule has 0 bridgehead atoms. The Morgan fingerprint density at radius 3 is 2.38 bits per heavy atom. The molecule has 0 heterocycles. The number of carbonyl (C=O) groups excluding carboxylic acids is 3. The van der Waals surface area contributed by atoms with Gasteiger partial charge in [-0.15, -0.1) is 11.8 Å². The zero-order valence-electron chi connectivity index (χ0n) is 16.5. The fourth-order valence-corrected chi connectivity index (χ4v) is 3.30. The van der Waals surface area contributed by atoms with Gasteiger partial charge in [-0.25, -0.2) is 14.0 Å². The first-order valence-electron chi connectivity index (χ1n) is 8.90. The molecule has 0 aliphatic heterocycles. The number of hydrogen-bond acceptors (Lipinski definition) is 5. The molecule has 0 atom stereocenters. The van der Waals surface area contributed by atoms with E-state index in [1.807, 2.05) is 0 Å². The smallest absolute Gasteiger partial charge is 0.339 e. The Kier molecular flexibility index (Phi) is 7.78. The van der Waals surface area contributed by atoms with Gasteiger partial charge in [0.15, 0.2) is 6.61 Å². The maximum Gasteiger partial charge on any atom is 0.339 e. The monoisotopic (exact) mass is 418 g/mol. The van der Waals surface area contributed by atoms with Crippen molar-refractivity contribution in [2.45, 2.75) is 37.0 Å². The lowest BCUT2D eigenvalue weighted by Gasteiger charge is -2.20. The fraction of sp³-hybridized carbons (Fsp3) is 0.286. The molecule has 0 spiro atoms. The molecular formula is C21H23FN2O4S. The number of nitrogens with one attached hydrogen (secondary N) is 2. The second-order valence-electron chi connectivity index (χ2n) is 7.20. The van der Waals surface area contributed by atoms with Crippen molar-refractivity contribution >= 4 is 29.7 Å². The van der Waals surface area contributed by atoms with E-state index in [1.165, 1.54) is 17.8 Å². The number of carbonyl (C=O) groups is 3. The SMILES string of the molecule is CC(C)(C)NC(=O)NC(=O)COC(=O)c1ccccc1SCc1ccccc1F. The molecule has 2 aromatic rings. The van der Waals surface area contributed by atoms with E-state index in [-0.39, 0.29) is 11.4 Å². The summed E-state index contributed by atoms with van der Waals surface area (Å²) in [6, 6.07) is 12.5. The van der Waals surface area contributed by atoms with Crippen molar-refractivity contribution in [3.8, 4) is 0 Å². The number of amides is 3. The molecule has 0 saturated heterocycles. The minimum absolute atomic E-state index is 0.265. The zero-order valence-corrected chi connectivity index (χ0v) is 17.3. The van der Waals surface area contributed by atoms with Crippen LogP contribution in [0, 0.1) is 5.82 Å². The summed E-state index contributed by atoms with van der Waals surface area (Å²) < 4.78 is 18.8. The second-order valence-corrected chi connectivity index (χ2v) is 8.22. The molecular weight excluding hydrogens is 395 g/mol. The Hall–Kier alpha value is -2.87. The van der Waals surface area contributed by atoms with Crippen molar-refractivity contribution in [3.05, 3.63) is 65.5 Å². The first-order chi connectivity index (χ1) is 13.7. The van der Waals surface area contributed by atoms with E-state index >= 15 is 0 Å². The number of benzene rings is 2. The Balaban J connectivity index is 1.93. The maximum atomic E-state index is 13.8. The zero-order chi connectivity index (χ0) is 21.4. The van der Waals surface area contributed by atoms with Crippen molar-refractivity contribution in [2.24, 2.45) is 0 Å². The highest BCUT2D eigenvalue weighted by Gasteiger charge is 2.18. The third-order valence-corrected chi connectivity index (χ3v) is 4.65. The molecule has 29 heavy (non-hydrogen) atoms. The van der Waals surface area contributed by atoms with Gasteiger partial charge in [0.25, 0.3) is 5.91 Å². The van der Waals surface area contributed by atoms with Crippen LogP contribution in [0.4, 0.5) is 9.18 Å². The number of urea groups is 1. The first-order valence-corrected chi connectivity index (χ1v) is 9.88. The minimum atomic E-state index is -0.739. The molecule has 0 saturated carbocycles. The third kappa shape index (κ3) is 7.57. The molecule has 0 aromatic heterocycles. The summed E-state index contributed by atoms with van der Waals surface area (Å²) in [5.41, 5.74) is 0.279. The molecule has 2 aromatic carbocycles. The summed E-state index contributed by atoms with van der Waals surface area (Å²) in [4.78, 5) is 36.5. The highest BCUT2D eigenvalue weighted by Crippen LogP contribution is 2.27. The summed E-state index contributed by atoms with van der Waals surface area (Å²) in [6.45, 7) is 4.72. The molecule has 2 N–H and O–H groups in total. The minimum Gasteiger partial charge on any atom is -0.452 e.